The first-order chi connectivity index (χ1) is 10.1. The third-order valence-corrected chi connectivity index (χ3v) is 3.41. The number of aromatic nitrogens is 2. The summed E-state index contributed by atoms with van der Waals surface area (Å²) >= 11 is 0. The van der Waals surface area contributed by atoms with Crippen molar-refractivity contribution in [3.05, 3.63) is 46.2 Å². The molecule has 0 radical (unpaired) electrons. The Morgan fingerprint density at radius 2 is 1.43 bits per heavy atom. The third-order valence-electron chi connectivity index (χ3n) is 3.41. The number of carbonyl (C=O) groups excluding carboxylic acids is 1. The van der Waals surface area contributed by atoms with Gasteiger partial charge in [-0.05, 0) is 45.3 Å². The molecule has 1 fully saturated rings. The van der Waals surface area contributed by atoms with Gasteiger partial charge in [-0.1, -0.05) is 10.3 Å². The molecule has 5 heteroatoms. The fourth-order valence-electron chi connectivity index (χ4n) is 2.44. The van der Waals surface area contributed by atoms with Crippen LogP contribution in [-0.2, 0) is 4.79 Å². The van der Waals surface area contributed by atoms with E-state index in [4.69, 9.17) is 9.05 Å². The van der Waals surface area contributed by atoms with Crippen LogP contribution in [-0.4, -0.2) is 16.1 Å². The molecular formula is C16H16N2O3. The Labute approximate surface area is 122 Å². The number of aryl methyl sites for hydroxylation is 2. The SMILES string of the molecule is Cc1cc(/C=C2\CCC/C(=C\c3cc(C)on3)C2=O)no1. The summed E-state index contributed by atoms with van der Waals surface area (Å²) in [5.41, 5.74) is 2.91. The molecule has 3 rings (SSSR count). The first-order valence-electron chi connectivity index (χ1n) is 6.94. The zero-order chi connectivity index (χ0) is 14.8. The maximum atomic E-state index is 12.5. The van der Waals surface area contributed by atoms with Gasteiger partial charge in [0.15, 0.2) is 5.78 Å². The first-order valence-corrected chi connectivity index (χ1v) is 6.94. The van der Waals surface area contributed by atoms with Crippen LogP contribution in [0.3, 0.4) is 0 Å². The van der Waals surface area contributed by atoms with Gasteiger partial charge in [0.05, 0.1) is 0 Å². The first kappa shape index (κ1) is 13.5. The van der Waals surface area contributed by atoms with Crippen LogP contribution >= 0.6 is 0 Å². The van der Waals surface area contributed by atoms with Crippen molar-refractivity contribution >= 4 is 17.9 Å². The highest BCUT2D eigenvalue weighted by Gasteiger charge is 2.21. The number of carbonyl (C=O) groups is 1. The summed E-state index contributed by atoms with van der Waals surface area (Å²) in [4.78, 5) is 12.5. The summed E-state index contributed by atoms with van der Waals surface area (Å²) in [7, 11) is 0. The molecule has 1 saturated carbocycles. The van der Waals surface area contributed by atoms with E-state index >= 15 is 0 Å². The van der Waals surface area contributed by atoms with Crippen molar-refractivity contribution in [3.8, 4) is 0 Å². The lowest BCUT2D eigenvalue weighted by molar-refractivity contribution is -0.112. The van der Waals surface area contributed by atoms with Gasteiger partial charge < -0.3 is 9.05 Å². The van der Waals surface area contributed by atoms with Crippen LogP contribution in [0.15, 0.2) is 32.3 Å². The second-order valence-corrected chi connectivity index (χ2v) is 5.25. The third kappa shape index (κ3) is 3.02. The zero-order valence-corrected chi connectivity index (χ0v) is 12.0. The number of ketones is 1. The van der Waals surface area contributed by atoms with Gasteiger partial charge in [-0.3, -0.25) is 4.79 Å². The molecule has 2 aromatic rings. The number of hydrogen-bond acceptors (Lipinski definition) is 5. The van der Waals surface area contributed by atoms with E-state index in [9.17, 15) is 4.79 Å². The van der Waals surface area contributed by atoms with E-state index in [2.05, 4.69) is 10.3 Å². The Bertz CT molecular complexity index is 674. The molecule has 0 unspecified atom stereocenters. The molecule has 21 heavy (non-hydrogen) atoms. The van der Waals surface area contributed by atoms with Gasteiger partial charge in [-0.25, -0.2) is 0 Å². The lowest BCUT2D eigenvalue weighted by Gasteiger charge is -2.15. The second kappa shape index (κ2) is 5.52. The normalized spacial score (nSPS) is 19.6. The van der Waals surface area contributed by atoms with Gasteiger partial charge in [0.1, 0.15) is 22.9 Å². The zero-order valence-electron chi connectivity index (χ0n) is 12.0. The van der Waals surface area contributed by atoms with E-state index in [0.29, 0.717) is 11.4 Å². The molecule has 5 nitrogen and oxygen atoms in total. The van der Waals surface area contributed by atoms with Crippen LogP contribution in [0.4, 0.5) is 0 Å². The predicted molar refractivity (Wildman–Crippen MR) is 77.3 cm³/mol. The van der Waals surface area contributed by atoms with Gasteiger partial charge in [-0.2, -0.15) is 0 Å². The van der Waals surface area contributed by atoms with E-state index in [0.717, 1.165) is 41.9 Å². The lowest BCUT2D eigenvalue weighted by atomic mass is 9.88. The van der Waals surface area contributed by atoms with Gasteiger partial charge in [0.25, 0.3) is 0 Å². The molecule has 0 aliphatic heterocycles. The summed E-state index contributed by atoms with van der Waals surface area (Å²) in [6.45, 7) is 3.66. The molecule has 0 N–H and O–H groups in total. The molecule has 0 aromatic carbocycles. The molecule has 2 heterocycles. The summed E-state index contributed by atoms with van der Waals surface area (Å²) < 4.78 is 10.0. The largest absolute Gasteiger partial charge is 0.361 e. The van der Waals surface area contributed by atoms with Crippen molar-refractivity contribution in [3.63, 3.8) is 0 Å². The Morgan fingerprint density at radius 1 is 0.952 bits per heavy atom. The summed E-state index contributed by atoms with van der Waals surface area (Å²) in [5.74, 6) is 1.53. The van der Waals surface area contributed by atoms with Crippen LogP contribution in [0, 0.1) is 13.8 Å². The second-order valence-electron chi connectivity index (χ2n) is 5.25. The van der Waals surface area contributed by atoms with Crippen LogP contribution < -0.4 is 0 Å². The predicted octanol–water partition coefficient (Wildman–Crippen LogP) is 3.50. The monoisotopic (exact) mass is 284 g/mol. The minimum absolute atomic E-state index is 0.0579. The Kier molecular flexibility index (Phi) is 3.56. The molecule has 108 valence electrons. The Balaban J connectivity index is 1.87. The van der Waals surface area contributed by atoms with Crippen LogP contribution in [0.25, 0.3) is 12.2 Å². The molecule has 2 aromatic heterocycles. The fourth-order valence-corrected chi connectivity index (χ4v) is 2.44. The van der Waals surface area contributed by atoms with Gasteiger partial charge >= 0.3 is 0 Å². The molecule has 0 amide bonds. The van der Waals surface area contributed by atoms with Crippen LogP contribution in [0.5, 0.6) is 0 Å². The van der Waals surface area contributed by atoms with E-state index in [-0.39, 0.29) is 5.78 Å². The van der Waals surface area contributed by atoms with Crippen LogP contribution in [0.1, 0.15) is 42.2 Å². The Morgan fingerprint density at radius 3 is 1.81 bits per heavy atom. The van der Waals surface area contributed by atoms with Crippen molar-refractivity contribution in [1.29, 1.82) is 0 Å². The van der Waals surface area contributed by atoms with Crippen LogP contribution in [0.2, 0.25) is 0 Å². The summed E-state index contributed by atoms with van der Waals surface area (Å²) in [6.07, 6.45) is 6.08. The minimum Gasteiger partial charge on any atom is -0.361 e. The molecule has 1 aliphatic carbocycles. The average Bonchev–Trinajstić information content (AvgIpc) is 3.03. The van der Waals surface area contributed by atoms with Gasteiger partial charge in [0, 0.05) is 23.3 Å². The molecule has 1 aliphatic rings. The topological polar surface area (TPSA) is 69.1 Å². The maximum Gasteiger partial charge on any atom is 0.185 e. The van der Waals surface area contributed by atoms with E-state index in [1.54, 1.807) is 12.2 Å². The summed E-state index contributed by atoms with van der Waals surface area (Å²) in [5, 5.41) is 7.81. The maximum absolute atomic E-state index is 12.5. The number of allylic oxidation sites excluding steroid dienone is 2. The van der Waals surface area contributed by atoms with E-state index < -0.39 is 0 Å². The van der Waals surface area contributed by atoms with Crippen molar-refractivity contribution in [1.82, 2.24) is 10.3 Å². The molecule has 0 atom stereocenters. The quantitative estimate of drug-likeness (QED) is 0.789. The molecule has 0 spiro atoms. The minimum atomic E-state index is 0.0579. The average molecular weight is 284 g/mol. The van der Waals surface area contributed by atoms with Crippen molar-refractivity contribution < 1.29 is 13.8 Å². The fraction of sp³-hybridized carbons (Fsp3) is 0.312. The number of rotatable bonds is 2. The highest BCUT2D eigenvalue weighted by molar-refractivity contribution is 6.13. The van der Waals surface area contributed by atoms with E-state index in [1.807, 2.05) is 26.0 Å². The highest BCUT2D eigenvalue weighted by atomic mass is 16.5. The molecule has 0 saturated heterocycles. The van der Waals surface area contributed by atoms with Gasteiger partial charge in [-0.15, -0.1) is 0 Å². The molecular weight excluding hydrogens is 268 g/mol. The van der Waals surface area contributed by atoms with E-state index in [1.165, 1.54) is 0 Å². The molecule has 0 bridgehead atoms. The van der Waals surface area contributed by atoms with Crippen molar-refractivity contribution in [2.75, 3.05) is 0 Å². The number of hydrogen-bond donors (Lipinski definition) is 0. The van der Waals surface area contributed by atoms with Crippen molar-refractivity contribution in [2.24, 2.45) is 0 Å². The summed E-state index contributed by atoms with van der Waals surface area (Å²) in [6, 6.07) is 3.64. The smallest absolute Gasteiger partial charge is 0.185 e. The highest BCUT2D eigenvalue weighted by Crippen LogP contribution is 2.27. The van der Waals surface area contributed by atoms with Crippen molar-refractivity contribution in [2.45, 2.75) is 33.1 Å². The lowest BCUT2D eigenvalue weighted by Crippen LogP contribution is -2.12. The Hall–Kier alpha value is -2.43. The van der Waals surface area contributed by atoms with Gasteiger partial charge in [0.2, 0.25) is 0 Å². The number of Topliss-reactive ketones (excluding diaryl/α,β-unsaturated/α-hetero) is 1. The number of nitrogens with zero attached hydrogens (tertiary/aromatic N) is 2. The standard InChI is InChI=1S/C16H16N2O3/c1-10-6-14(17-20-10)8-12-4-3-5-13(16(12)19)9-15-7-11(2)21-18-15/h6-9H,3-5H2,1-2H3/b12-8+,13-9+.